The fourth-order valence-corrected chi connectivity index (χ4v) is 4.41. The Morgan fingerprint density at radius 3 is 2.95 bits per heavy atom. The molecule has 0 aromatic carbocycles. The number of nitrogens with zero attached hydrogens (tertiary/aromatic N) is 1. The summed E-state index contributed by atoms with van der Waals surface area (Å²) in [5.74, 6) is 2.16. The van der Waals surface area contributed by atoms with Crippen molar-refractivity contribution in [1.82, 2.24) is 10.2 Å². The summed E-state index contributed by atoms with van der Waals surface area (Å²) in [4.78, 5) is 26.3. The van der Waals surface area contributed by atoms with Gasteiger partial charge in [-0.25, -0.2) is 0 Å². The summed E-state index contributed by atoms with van der Waals surface area (Å²) in [5, 5.41) is 3.21. The minimum absolute atomic E-state index is 0.0458. The van der Waals surface area contributed by atoms with Crippen molar-refractivity contribution in [3.8, 4) is 0 Å². The van der Waals surface area contributed by atoms with Crippen LogP contribution in [-0.4, -0.2) is 29.3 Å². The molecule has 5 nitrogen and oxygen atoms in total. The Hall–Kier alpha value is -1.78. The molecule has 1 aliphatic heterocycles. The molecule has 118 valence electrons. The van der Waals surface area contributed by atoms with Gasteiger partial charge in [-0.3, -0.25) is 9.59 Å². The van der Waals surface area contributed by atoms with Crippen LogP contribution in [0.25, 0.3) is 0 Å². The lowest BCUT2D eigenvalue weighted by Gasteiger charge is -2.24. The molecule has 2 bridgehead atoms. The second-order valence-electron chi connectivity index (χ2n) is 7.04. The molecule has 2 saturated carbocycles. The Labute approximate surface area is 130 Å². The number of nitrogens with one attached hydrogen (secondary N) is 1. The van der Waals surface area contributed by atoms with E-state index in [0.717, 1.165) is 18.1 Å². The maximum atomic E-state index is 12.5. The average Bonchev–Trinajstić information content (AvgIpc) is 3.25. The van der Waals surface area contributed by atoms with Crippen molar-refractivity contribution in [2.45, 2.75) is 44.7 Å². The van der Waals surface area contributed by atoms with E-state index in [-0.39, 0.29) is 17.7 Å². The molecule has 22 heavy (non-hydrogen) atoms. The molecule has 1 saturated heterocycles. The van der Waals surface area contributed by atoms with Crippen molar-refractivity contribution in [3.05, 3.63) is 24.2 Å². The van der Waals surface area contributed by atoms with Crippen LogP contribution in [0.3, 0.4) is 0 Å². The molecule has 1 N–H and O–H groups in total. The van der Waals surface area contributed by atoms with Crippen molar-refractivity contribution in [1.29, 1.82) is 0 Å². The lowest BCUT2D eigenvalue weighted by molar-refractivity contribution is -0.129. The van der Waals surface area contributed by atoms with Crippen LogP contribution in [0.15, 0.2) is 22.8 Å². The number of rotatable bonds is 4. The van der Waals surface area contributed by atoms with Gasteiger partial charge in [0.15, 0.2) is 0 Å². The van der Waals surface area contributed by atoms with Crippen LogP contribution >= 0.6 is 0 Å². The zero-order chi connectivity index (χ0) is 15.1. The van der Waals surface area contributed by atoms with Crippen LogP contribution in [0.2, 0.25) is 0 Å². The van der Waals surface area contributed by atoms with Crippen LogP contribution in [0.4, 0.5) is 0 Å². The minimum atomic E-state index is -0.207. The van der Waals surface area contributed by atoms with Gasteiger partial charge in [0.05, 0.1) is 18.7 Å². The first-order chi connectivity index (χ1) is 10.7. The summed E-state index contributed by atoms with van der Waals surface area (Å²) < 4.78 is 5.29. The van der Waals surface area contributed by atoms with Crippen molar-refractivity contribution in [2.24, 2.45) is 17.8 Å². The summed E-state index contributed by atoms with van der Waals surface area (Å²) in [6.07, 6.45) is 6.93. The highest BCUT2D eigenvalue weighted by molar-refractivity contribution is 5.89. The Bertz CT molecular complexity index is 568. The highest BCUT2D eigenvalue weighted by Gasteiger charge is 2.42. The van der Waals surface area contributed by atoms with Crippen LogP contribution in [0.1, 0.15) is 37.9 Å². The molecule has 1 aromatic rings. The van der Waals surface area contributed by atoms with Crippen LogP contribution in [0.5, 0.6) is 0 Å². The van der Waals surface area contributed by atoms with Gasteiger partial charge in [-0.2, -0.15) is 0 Å². The number of hydrogen-bond acceptors (Lipinski definition) is 3. The lowest BCUT2D eigenvalue weighted by Crippen LogP contribution is -2.42. The van der Waals surface area contributed by atoms with E-state index >= 15 is 0 Å². The van der Waals surface area contributed by atoms with Gasteiger partial charge in [-0.15, -0.1) is 0 Å². The highest BCUT2D eigenvalue weighted by atomic mass is 16.3. The fraction of sp³-hybridized carbons (Fsp3) is 0.647. The summed E-state index contributed by atoms with van der Waals surface area (Å²) >= 11 is 0. The van der Waals surface area contributed by atoms with E-state index in [0.29, 0.717) is 31.5 Å². The molecule has 4 atom stereocenters. The maximum absolute atomic E-state index is 12.5. The number of carbonyl (C=O) groups is 2. The number of amides is 2. The number of likely N-dealkylation sites (tertiary alicyclic amines) is 1. The predicted molar refractivity (Wildman–Crippen MR) is 79.6 cm³/mol. The third kappa shape index (κ3) is 2.53. The Morgan fingerprint density at radius 2 is 2.27 bits per heavy atom. The first kappa shape index (κ1) is 13.9. The maximum Gasteiger partial charge on any atom is 0.225 e. The van der Waals surface area contributed by atoms with Crippen molar-refractivity contribution < 1.29 is 14.0 Å². The molecule has 2 amide bonds. The molecule has 0 spiro atoms. The zero-order valence-electron chi connectivity index (χ0n) is 12.7. The van der Waals surface area contributed by atoms with Gasteiger partial charge in [0.1, 0.15) is 5.76 Å². The van der Waals surface area contributed by atoms with Crippen LogP contribution in [0, 0.1) is 17.8 Å². The van der Waals surface area contributed by atoms with E-state index in [4.69, 9.17) is 4.42 Å². The summed E-state index contributed by atoms with van der Waals surface area (Å²) in [6.45, 7) is 0.968. The Kier molecular flexibility index (Phi) is 3.43. The van der Waals surface area contributed by atoms with Gasteiger partial charge in [0, 0.05) is 19.0 Å². The van der Waals surface area contributed by atoms with Gasteiger partial charge in [0.25, 0.3) is 0 Å². The Morgan fingerprint density at radius 1 is 1.36 bits per heavy atom. The van der Waals surface area contributed by atoms with E-state index < -0.39 is 0 Å². The van der Waals surface area contributed by atoms with E-state index in [9.17, 15) is 9.59 Å². The number of fused-ring (bicyclic) bond motifs is 2. The monoisotopic (exact) mass is 302 g/mol. The van der Waals surface area contributed by atoms with Crippen LogP contribution in [-0.2, 0) is 16.1 Å². The van der Waals surface area contributed by atoms with Gasteiger partial charge in [0.2, 0.25) is 11.8 Å². The van der Waals surface area contributed by atoms with Gasteiger partial charge < -0.3 is 14.6 Å². The summed E-state index contributed by atoms with van der Waals surface area (Å²) in [6, 6.07) is 4.02. The van der Waals surface area contributed by atoms with Gasteiger partial charge >= 0.3 is 0 Å². The van der Waals surface area contributed by atoms with Crippen molar-refractivity contribution in [2.75, 3.05) is 6.54 Å². The van der Waals surface area contributed by atoms with E-state index in [1.54, 1.807) is 11.2 Å². The molecule has 1 aromatic heterocycles. The first-order valence-corrected chi connectivity index (χ1v) is 8.29. The largest absolute Gasteiger partial charge is 0.467 e. The topological polar surface area (TPSA) is 62.6 Å². The third-order valence-electron chi connectivity index (χ3n) is 5.58. The van der Waals surface area contributed by atoms with Gasteiger partial charge in [-0.1, -0.05) is 6.42 Å². The molecule has 0 radical (unpaired) electrons. The van der Waals surface area contributed by atoms with Crippen molar-refractivity contribution in [3.63, 3.8) is 0 Å². The van der Waals surface area contributed by atoms with E-state index in [1.165, 1.54) is 19.3 Å². The normalized spacial score (nSPS) is 33.6. The van der Waals surface area contributed by atoms with E-state index in [2.05, 4.69) is 5.32 Å². The standard InChI is InChI=1S/C17H22N2O3/c20-16-8-13(9-19(16)10-14-2-1-5-22-14)17(21)18-15-7-11-3-4-12(15)6-11/h1-2,5,11-13,15H,3-4,6-10H2,(H,18,21)/t11-,12+,13+,15+/m0/s1. The smallest absolute Gasteiger partial charge is 0.225 e. The summed E-state index contributed by atoms with van der Waals surface area (Å²) in [5.41, 5.74) is 0. The molecule has 0 unspecified atom stereocenters. The molecule has 3 aliphatic rings. The second-order valence-corrected chi connectivity index (χ2v) is 7.04. The van der Waals surface area contributed by atoms with E-state index in [1.807, 2.05) is 12.1 Å². The molecular weight excluding hydrogens is 280 g/mol. The zero-order valence-corrected chi connectivity index (χ0v) is 12.7. The molecule has 4 rings (SSSR count). The third-order valence-corrected chi connectivity index (χ3v) is 5.58. The fourth-order valence-electron chi connectivity index (χ4n) is 4.41. The number of carbonyl (C=O) groups excluding carboxylic acids is 2. The average molecular weight is 302 g/mol. The predicted octanol–water partition coefficient (Wildman–Crippen LogP) is 1.93. The SMILES string of the molecule is O=C(N[C@@H]1C[C@H]2CC[C@@H]1C2)[C@@H]1CC(=O)N(Cc2ccco2)C1. The molecule has 3 fully saturated rings. The Balaban J connectivity index is 1.33. The summed E-state index contributed by atoms with van der Waals surface area (Å²) in [7, 11) is 0. The molecular formula is C17H22N2O3. The highest BCUT2D eigenvalue weighted by Crippen LogP contribution is 2.44. The van der Waals surface area contributed by atoms with Gasteiger partial charge in [-0.05, 0) is 43.2 Å². The second kappa shape index (κ2) is 5.45. The number of hydrogen-bond donors (Lipinski definition) is 1. The van der Waals surface area contributed by atoms with Crippen LogP contribution < -0.4 is 5.32 Å². The molecule has 5 heteroatoms. The molecule has 2 heterocycles. The molecule has 2 aliphatic carbocycles. The number of furan rings is 1. The lowest BCUT2D eigenvalue weighted by atomic mass is 9.94. The van der Waals surface area contributed by atoms with Crippen molar-refractivity contribution >= 4 is 11.8 Å². The first-order valence-electron chi connectivity index (χ1n) is 8.29. The minimum Gasteiger partial charge on any atom is -0.467 e. The quantitative estimate of drug-likeness (QED) is 0.924.